The molecule has 96 valence electrons. The van der Waals surface area contributed by atoms with Crippen LogP contribution >= 0.6 is 0 Å². The number of nitrogens with zero attached hydrogens (tertiary/aromatic N) is 1. The van der Waals surface area contributed by atoms with Crippen molar-refractivity contribution in [3.05, 3.63) is 0 Å². The lowest BCUT2D eigenvalue weighted by Gasteiger charge is -2.62. The molecule has 2 N–H and O–H groups in total. The minimum atomic E-state index is -0.678. The molecule has 0 saturated carbocycles. The Hall–Kier alpha value is -0.120. The minimum Gasteiger partial charge on any atom is -0.395 e. The second kappa shape index (κ2) is 3.97. The molecule has 0 bridgehead atoms. The molecule has 0 aliphatic carbocycles. The minimum absolute atomic E-state index is 0.119. The molecule has 0 spiro atoms. The van der Waals surface area contributed by atoms with Crippen LogP contribution in [0, 0.1) is 11.3 Å². The van der Waals surface area contributed by atoms with Gasteiger partial charge in [-0.15, -0.1) is 0 Å². The van der Waals surface area contributed by atoms with Crippen molar-refractivity contribution in [2.75, 3.05) is 19.7 Å². The van der Waals surface area contributed by atoms with Crippen LogP contribution in [0.4, 0.5) is 0 Å². The van der Waals surface area contributed by atoms with Crippen molar-refractivity contribution in [3.8, 4) is 0 Å². The monoisotopic (exact) mass is 229 g/mol. The van der Waals surface area contributed by atoms with E-state index in [2.05, 4.69) is 39.5 Å². The molecular weight excluding hydrogens is 202 g/mol. The highest BCUT2D eigenvalue weighted by Gasteiger charge is 2.58. The molecule has 1 heterocycles. The number of β-amino-alcohol motifs (C(OH)–C–C–N with tert-alkyl or cyclic N) is 1. The molecule has 0 aromatic rings. The van der Waals surface area contributed by atoms with Gasteiger partial charge in [0.1, 0.15) is 0 Å². The van der Waals surface area contributed by atoms with Crippen LogP contribution in [0.3, 0.4) is 0 Å². The molecule has 1 aliphatic rings. The Morgan fingerprint density at radius 3 is 2.12 bits per heavy atom. The molecule has 2 unspecified atom stereocenters. The van der Waals surface area contributed by atoms with E-state index >= 15 is 0 Å². The first-order valence-corrected chi connectivity index (χ1v) is 6.17. The molecule has 2 atom stereocenters. The van der Waals surface area contributed by atoms with Crippen molar-refractivity contribution >= 4 is 0 Å². The summed E-state index contributed by atoms with van der Waals surface area (Å²) in [4.78, 5) is 2.29. The SMILES string of the molecule is CC1CN(CCO)C(C)(C)C(C)(C)C1(C)O. The van der Waals surface area contributed by atoms with Crippen molar-refractivity contribution in [2.24, 2.45) is 11.3 Å². The van der Waals surface area contributed by atoms with Gasteiger partial charge < -0.3 is 10.2 Å². The van der Waals surface area contributed by atoms with Crippen LogP contribution in [0.1, 0.15) is 41.5 Å². The highest BCUT2D eigenvalue weighted by atomic mass is 16.3. The number of rotatable bonds is 2. The molecule has 0 radical (unpaired) electrons. The van der Waals surface area contributed by atoms with Gasteiger partial charge in [-0.1, -0.05) is 20.8 Å². The third kappa shape index (κ3) is 1.69. The molecule has 1 aliphatic heterocycles. The van der Waals surface area contributed by atoms with E-state index in [4.69, 9.17) is 5.11 Å². The predicted molar refractivity (Wildman–Crippen MR) is 66.3 cm³/mol. The van der Waals surface area contributed by atoms with Crippen LogP contribution in [0.15, 0.2) is 0 Å². The molecule has 0 aromatic heterocycles. The van der Waals surface area contributed by atoms with Gasteiger partial charge in [0.25, 0.3) is 0 Å². The molecule has 1 fully saturated rings. The molecule has 1 saturated heterocycles. The van der Waals surface area contributed by atoms with E-state index < -0.39 is 5.60 Å². The summed E-state index contributed by atoms with van der Waals surface area (Å²) in [6, 6.07) is 0. The molecule has 1 rings (SSSR count). The van der Waals surface area contributed by atoms with Crippen LogP contribution in [0.2, 0.25) is 0 Å². The first-order chi connectivity index (χ1) is 7.09. The average molecular weight is 229 g/mol. The summed E-state index contributed by atoms with van der Waals surface area (Å²) in [6.07, 6.45) is 0. The number of hydrogen-bond donors (Lipinski definition) is 2. The van der Waals surface area contributed by atoms with Gasteiger partial charge >= 0.3 is 0 Å². The number of aliphatic hydroxyl groups excluding tert-OH is 1. The zero-order valence-electron chi connectivity index (χ0n) is 11.5. The van der Waals surface area contributed by atoms with Crippen molar-refractivity contribution in [1.29, 1.82) is 0 Å². The summed E-state index contributed by atoms with van der Waals surface area (Å²) in [6.45, 7) is 14.3. The quantitative estimate of drug-likeness (QED) is 0.754. The fourth-order valence-electron chi connectivity index (χ4n) is 2.86. The van der Waals surface area contributed by atoms with Crippen molar-refractivity contribution in [3.63, 3.8) is 0 Å². The Kier molecular flexibility index (Phi) is 3.46. The first kappa shape index (κ1) is 13.9. The van der Waals surface area contributed by atoms with E-state index in [0.717, 1.165) is 6.54 Å². The van der Waals surface area contributed by atoms with Gasteiger partial charge in [0.2, 0.25) is 0 Å². The normalized spacial score (nSPS) is 38.6. The van der Waals surface area contributed by atoms with Crippen LogP contribution in [0.5, 0.6) is 0 Å². The van der Waals surface area contributed by atoms with Crippen molar-refractivity contribution < 1.29 is 10.2 Å². The zero-order chi connectivity index (χ0) is 12.8. The van der Waals surface area contributed by atoms with Crippen LogP contribution < -0.4 is 0 Å². The van der Waals surface area contributed by atoms with Gasteiger partial charge in [0, 0.05) is 24.0 Å². The lowest BCUT2D eigenvalue weighted by atomic mass is 9.56. The summed E-state index contributed by atoms with van der Waals surface area (Å²) < 4.78 is 0. The van der Waals surface area contributed by atoms with E-state index in [1.54, 1.807) is 0 Å². The summed E-state index contributed by atoms with van der Waals surface area (Å²) in [7, 11) is 0. The summed E-state index contributed by atoms with van der Waals surface area (Å²) in [5.74, 6) is 0.210. The molecule has 3 heteroatoms. The van der Waals surface area contributed by atoms with E-state index in [9.17, 15) is 5.11 Å². The van der Waals surface area contributed by atoms with Gasteiger partial charge in [-0.25, -0.2) is 0 Å². The lowest BCUT2D eigenvalue weighted by Crippen LogP contribution is -2.70. The number of likely N-dealkylation sites (tertiary alicyclic amines) is 1. The van der Waals surface area contributed by atoms with Gasteiger partial charge in [0.05, 0.1) is 12.2 Å². The maximum Gasteiger partial charge on any atom is 0.0725 e. The fraction of sp³-hybridized carbons (Fsp3) is 1.00. The second-order valence-corrected chi connectivity index (χ2v) is 6.40. The van der Waals surface area contributed by atoms with Crippen molar-refractivity contribution in [2.45, 2.75) is 52.7 Å². The van der Waals surface area contributed by atoms with E-state index in [0.29, 0.717) is 6.54 Å². The Bertz CT molecular complexity index is 259. The van der Waals surface area contributed by atoms with Gasteiger partial charge in [-0.2, -0.15) is 0 Å². The topological polar surface area (TPSA) is 43.7 Å². The maximum absolute atomic E-state index is 10.7. The molecule has 3 nitrogen and oxygen atoms in total. The zero-order valence-corrected chi connectivity index (χ0v) is 11.5. The summed E-state index contributed by atoms with van der Waals surface area (Å²) in [5.41, 5.74) is -1.01. The van der Waals surface area contributed by atoms with E-state index in [1.165, 1.54) is 0 Å². The Balaban J connectivity index is 3.10. The lowest BCUT2D eigenvalue weighted by molar-refractivity contribution is -0.202. The molecule has 0 aromatic carbocycles. The van der Waals surface area contributed by atoms with Gasteiger partial charge in [-0.3, -0.25) is 4.90 Å². The fourth-order valence-corrected chi connectivity index (χ4v) is 2.86. The van der Waals surface area contributed by atoms with E-state index in [1.807, 2.05) is 6.92 Å². The Morgan fingerprint density at radius 2 is 1.69 bits per heavy atom. The highest BCUT2D eigenvalue weighted by Crippen LogP contribution is 2.51. The summed E-state index contributed by atoms with van der Waals surface area (Å²) >= 11 is 0. The second-order valence-electron chi connectivity index (χ2n) is 6.40. The van der Waals surface area contributed by atoms with Crippen LogP contribution in [-0.4, -0.2) is 45.9 Å². The third-order valence-corrected chi connectivity index (χ3v) is 5.41. The first-order valence-electron chi connectivity index (χ1n) is 6.17. The third-order valence-electron chi connectivity index (χ3n) is 5.41. The Morgan fingerprint density at radius 1 is 1.19 bits per heavy atom. The van der Waals surface area contributed by atoms with Crippen molar-refractivity contribution in [1.82, 2.24) is 4.90 Å². The standard InChI is InChI=1S/C13H27NO2/c1-10-9-14(7-8-15)12(4,5)11(2,3)13(10,6)16/h10,15-16H,7-9H2,1-6H3. The molecular formula is C13H27NO2. The molecule has 0 amide bonds. The maximum atomic E-state index is 10.7. The Labute approximate surface area is 99.5 Å². The van der Waals surface area contributed by atoms with E-state index in [-0.39, 0.29) is 23.5 Å². The largest absolute Gasteiger partial charge is 0.395 e. The highest BCUT2D eigenvalue weighted by molar-refractivity contribution is 5.11. The van der Waals surface area contributed by atoms with Crippen LogP contribution in [0.25, 0.3) is 0 Å². The van der Waals surface area contributed by atoms with Gasteiger partial charge in [0.15, 0.2) is 0 Å². The molecule has 16 heavy (non-hydrogen) atoms. The number of aliphatic hydroxyl groups is 2. The van der Waals surface area contributed by atoms with Crippen LogP contribution in [-0.2, 0) is 0 Å². The smallest absolute Gasteiger partial charge is 0.0725 e. The summed E-state index contributed by atoms with van der Waals surface area (Å²) in [5, 5.41) is 19.8. The van der Waals surface area contributed by atoms with Gasteiger partial charge in [-0.05, 0) is 26.7 Å². The average Bonchev–Trinajstić information content (AvgIpc) is 2.14. The number of piperidine rings is 1. The number of hydrogen-bond acceptors (Lipinski definition) is 3. The predicted octanol–water partition coefficient (Wildman–Crippen LogP) is 1.49.